The van der Waals surface area contributed by atoms with E-state index in [1.54, 1.807) is 0 Å². The second kappa shape index (κ2) is 8.55. The number of hydrogen-bond donors (Lipinski definition) is 0. The van der Waals surface area contributed by atoms with Crippen molar-refractivity contribution >= 4 is 11.9 Å². The third-order valence-electron chi connectivity index (χ3n) is 5.85. The Morgan fingerprint density at radius 3 is 2.33 bits per heavy atom. The van der Waals surface area contributed by atoms with Gasteiger partial charge in [0.05, 0.1) is 32.8 Å². The SMILES string of the molecule is COC(=O)C[C@]1(C(=O)OC)C[C@H]2N(Cc3ccccc3)C[C@H](c3ccccc3)N2O1. The Morgan fingerprint density at radius 2 is 1.70 bits per heavy atom. The molecule has 2 aromatic rings. The molecule has 30 heavy (non-hydrogen) atoms. The van der Waals surface area contributed by atoms with Gasteiger partial charge in [-0.25, -0.2) is 4.79 Å². The maximum absolute atomic E-state index is 12.7. The minimum Gasteiger partial charge on any atom is -0.469 e. The fraction of sp³-hybridized carbons (Fsp3) is 0.391. The van der Waals surface area contributed by atoms with Crippen LogP contribution in [0.1, 0.15) is 30.0 Å². The van der Waals surface area contributed by atoms with E-state index >= 15 is 0 Å². The maximum atomic E-state index is 12.7. The summed E-state index contributed by atoms with van der Waals surface area (Å²) in [5.74, 6) is -1.07. The molecule has 3 atom stereocenters. The first-order valence-electron chi connectivity index (χ1n) is 10.0. The molecule has 2 aliphatic rings. The van der Waals surface area contributed by atoms with Crippen LogP contribution in [-0.2, 0) is 30.4 Å². The number of carbonyl (C=O) groups excluding carboxylic acids is 2. The van der Waals surface area contributed by atoms with Crippen molar-refractivity contribution in [2.45, 2.75) is 37.2 Å². The van der Waals surface area contributed by atoms with E-state index in [2.05, 4.69) is 29.2 Å². The Bertz CT molecular complexity index is 891. The average molecular weight is 410 g/mol. The lowest BCUT2D eigenvalue weighted by Crippen LogP contribution is -2.44. The number of hydroxylamine groups is 2. The molecule has 7 nitrogen and oxygen atoms in total. The molecule has 0 radical (unpaired) electrons. The largest absolute Gasteiger partial charge is 0.469 e. The highest BCUT2D eigenvalue weighted by Crippen LogP contribution is 2.46. The summed E-state index contributed by atoms with van der Waals surface area (Å²) in [4.78, 5) is 33.4. The Kier molecular flexibility index (Phi) is 5.85. The van der Waals surface area contributed by atoms with Gasteiger partial charge in [-0.05, 0) is 11.1 Å². The van der Waals surface area contributed by atoms with Crippen LogP contribution in [0.5, 0.6) is 0 Å². The van der Waals surface area contributed by atoms with Gasteiger partial charge in [0.15, 0.2) is 5.60 Å². The predicted molar refractivity (Wildman–Crippen MR) is 109 cm³/mol. The second-order valence-corrected chi connectivity index (χ2v) is 7.72. The van der Waals surface area contributed by atoms with Crippen molar-refractivity contribution in [3.8, 4) is 0 Å². The van der Waals surface area contributed by atoms with Gasteiger partial charge in [0.2, 0.25) is 0 Å². The number of rotatable bonds is 6. The first kappa shape index (κ1) is 20.5. The fourth-order valence-electron chi connectivity index (χ4n) is 4.37. The van der Waals surface area contributed by atoms with Crippen LogP contribution in [0.15, 0.2) is 60.7 Å². The van der Waals surface area contributed by atoms with Crippen molar-refractivity contribution in [1.82, 2.24) is 9.96 Å². The molecule has 2 heterocycles. The summed E-state index contributed by atoms with van der Waals surface area (Å²) in [5.41, 5.74) is 0.876. The third kappa shape index (κ3) is 3.84. The number of hydrogen-bond acceptors (Lipinski definition) is 7. The van der Waals surface area contributed by atoms with Crippen molar-refractivity contribution in [2.24, 2.45) is 0 Å². The lowest BCUT2D eigenvalue weighted by Gasteiger charge is -2.28. The van der Waals surface area contributed by atoms with E-state index in [4.69, 9.17) is 14.3 Å². The Morgan fingerprint density at radius 1 is 1.03 bits per heavy atom. The first-order valence-corrected chi connectivity index (χ1v) is 10.0. The predicted octanol–water partition coefficient (Wildman–Crippen LogP) is 2.68. The minimum atomic E-state index is -1.39. The molecule has 0 unspecified atom stereocenters. The number of ether oxygens (including phenoxy) is 2. The van der Waals surface area contributed by atoms with Gasteiger partial charge >= 0.3 is 11.9 Å². The van der Waals surface area contributed by atoms with Crippen molar-refractivity contribution in [1.29, 1.82) is 0 Å². The molecule has 0 spiro atoms. The molecule has 2 aromatic carbocycles. The first-order chi connectivity index (χ1) is 14.6. The Labute approximate surface area is 176 Å². The molecular weight excluding hydrogens is 384 g/mol. The highest BCUT2D eigenvalue weighted by molar-refractivity contribution is 5.86. The lowest BCUT2D eigenvalue weighted by molar-refractivity contribution is -0.231. The van der Waals surface area contributed by atoms with Crippen LogP contribution in [0.4, 0.5) is 0 Å². The zero-order chi connectivity index (χ0) is 21.1. The zero-order valence-corrected chi connectivity index (χ0v) is 17.2. The molecule has 2 aliphatic heterocycles. The molecule has 0 aliphatic carbocycles. The standard InChI is InChI=1S/C23H26N2O5/c1-28-21(26)14-23(22(27)29-2)13-20-24(15-17-9-5-3-6-10-17)16-19(25(20)30-23)18-11-7-4-8-12-18/h3-12,19-20H,13-16H2,1-2H3/t19-,20+,23+/m1/s1. The summed E-state index contributed by atoms with van der Waals surface area (Å²) in [6, 6.07) is 20.2. The summed E-state index contributed by atoms with van der Waals surface area (Å²) in [7, 11) is 2.61. The van der Waals surface area contributed by atoms with E-state index in [0.29, 0.717) is 13.0 Å². The third-order valence-corrected chi connectivity index (χ3v) is 5.85. The van der Waals surface area contributed by atoms with Gasteiger partial charge in [-0.1, -0.05) is 60.7 Å². The normalized spacial score (nSPS) is 26.3. The molecule has 4 rings (SSSR count). The summed E-state index contributed by atoms with van der Waals surface area (Å²) in [6.07, 6.45) is -0.0337. The van der Waals surface area contributed by atoms with Gasteiger partial charge in [-0.15, -0.1) is 0 Å². The van der Waals surface area contributed by atoms with Gasteiger partial charge in [-0.3, -0.25) is 14.5 Å². The number of nitrogens with zero attached hydrogens (tertiary/aromatic N) is 2. The topological polar surface area (TPSA) is 68.3 Å². The van der Waals surface area contributed by atoms with Gasteiger partial charge in [0.25, 0.3) is 0 Å². The van der Waals surface area contributed by atoms with Crippen molar-refractivity contribution in [3.63, 3.8) is 0 Å². The molecule has 0 saturated carbocycles. The number of methoxy groups -OCH3 is 2. The summed E-state index contributed by atoms with van der Waals surface area (Å²) < 4.78 is 9.85. The van der Waals surface area contributed by atoms with E-state index in [-0.39, 0.29) is 18.6 Å². The van der Waals surface area contributed by atoms with Crippen LogP contribution in [0, 0.1) is 0 Å². The lowest BCUT2D eigenvalue weighted by atomic mass is 9.94. The van der Waals surface area contributed by atoms with E-state index in [9.17, 15) is 9.59 Å². The molecule has 2 fully saturated rings. The monoisotopic (exact) mass is 410 g/mol. The summed E-state index contributed by atoms with van der Waals surface area (Å²) in [5, 5.41) is 1.86. The molecule has 0 N–H and O–H groups in total. The minimum absolute atomic E-state index is 0.0657. The second-order valence-electron chi connectivity index (χ2n) is 7.72. The fourth-order valence-corrected chi connectivity index (χ4v) is 4.37. The van der Waals surface area contributed by atoms with Crippen LogP contribution < -0.4 is 0 Å². The molecular formula is C23H26N2O5. The number of benzene rings is 2. The smallest absolute Gasteiger partial charge is 0.341 e. The Balaban J connectivity index is 1.67. The van der Waals surface area contributed by atoms with E-state index < -0.39 is 17.5 Å². The molecule has 0 bridgehead atoms. The highest BCUT2D eigenvalue weighted by atomic mass is 16.7. The number of carbonyl (C=O) groups is 2. The zero-order valence-electron chi connectivity index (χ0n) is 17.2. The van der Waals surface area contributed by atoms with Crippen molar-refractivity contribution in [3.05, 3.63) is 71.8 Å². The number of fused-ring (bicyclic) bond motifs is 1. The van der Waals surface area contributed by atoms with Crippen molar-refractivity contribution < 1.29 is 23.9 Å². The average Bonchev–Trinajstić information content (AvgIpc) is 3.31. The van der Waals surface area contributed by atoms with Crippen LogP contribution in [0.2, 0.25) is 0 Å². The van der Waals surface area contributed by atoms with Gasteiger partial charge in [-0.2, -0.15) is 5.06 Å². The Hall–Kier alpha value is -2.74. The van der Waals surface area contributed by atoms with E-state index in [0.717, 1.165) is 12.1 Å². The summed E-state index contributed by atoms with van der Waals surface area (Å²) >= 11 is 0. The van der Waals surface area contributed by atoms with Crippen LogP contribution in [-0.4, -0.2) is 54.4 Å². The van der Waals surface area contributed by atoms with E-state index in [1.165, 1.54) is 19.8 Å². The molecule has 158 valence electrons. The maximum Gasteiger partial charge on any atom is 0.341 e. The van der Waals surface area contributed by atoms with Crippen LogP contribution >= 0.6 is 0 Å². The molecule has 0 aromatic heterocycles. The molecule has 0 amide bonds. The van der Waals surface area contributed by atoms with Gasteiger partial charge in [0.1, 0.15) is 0 Å². The molecule has 7 heteroatoms. The number of esters is 2. The van der Waals surface area contributed by atoms with Crippen LogP contribution in [0.25, 0.3) is 0 Å². The summed E-state index contributed by atoms with van der Waals surface area (Å²) in [6.45, 7) is 1.46. The van der Waals surface area contributed by atoms with Crippen molar-refractivity contribution in [2.75, 3.05) is 20.8 Å². The quantitative estimate of drug-likeness (QED) is 0.678. The van der Waals surface area contributed by atoms with Crippen LogP contribution in [0.3, 0.4) is 0 Å². The van der Waals surface area contributed by atoms with E-state index in [1.807, 2.05) is 41.5 Å². The highest BCUT2D eigenvalue weighted by Gasteiger charge is 2.59. The molecule has 2 saturated heterocycles. The van der Waals surface area contributed by atoms with Gasteiger partial charge < -0.3 is 9.47 Å². The van der Waals surface area contributed by atoms with Gasteiger partial charge in [0, 0.05) is 19.5 Å².